The summed E-state index contributed by atoms with van der Waals surface area (Å²) in [5, 5.41) is 2.73. The number of hydrogen-bond donors (Lipinski definition) is 2. The molecule has 5 nitrogen and oxygen atoms in total. The van der Waals surface area contributed by atoms with Gasteiger partial charge in [0.25, 0.3) is 0 Å². The van der Waals surface area contributed by atoms with Crippen molar-refractivity contribution in [2.75, 3.05) is 11.5 Å². The third kappa shape index (κ3) is 4.47. The van der Waals surface area contributed by atoms with Gasteiger partial charge in [0.05, 0.1) is 11.5 Å². The van der Waals surface area contributed by atoms with Crippen LogP contribution < -0.4 is 11.1 Å². The molecule has 7 heteroatoms. The SMILES string of the molecule is Cl.NC(C(=O)NC1CCCS(=O)(=O)C1)c1ccccc1. The Labute approximate surface area is 125 Å². The van der Waals surface area contributed by atoms with Crippen molar-refractivity contribution < 1.29 is 13.2 Å². The Morgan fingerprint density at radius 3 is 2.55 bits per heavy atom. The van der Waals surface area contributed by atoms with Crippen molar-refractivity contribution in [3.63, 3.8) is 0 Å². The predicted octanol–water partition coefficient (Wildman–Crippen LogP) is 0.802. The van der Waals surface area contributed by atoms with Crippen molar-refractivity contribution in [3.8, 4) is 0 Å². The molecule has 0 saturated carbocycles. The fraction of sp³-hybridized carbons (Fsp3) is 0.462. The molecule has 1 amide bonds. The number of rotatable bonds is 3. The molecule has 1 saturated heterocycles. The van der Waals surface area contributed by atoms with Crippen LogP contribution in [-0.2, 0) is 14.6 Å². The zero-order valence-corrected chi connectivity index (χ0v) is 12.6. The summed E-state index contributed by atoms with van der Waals surface area (Å²) in [7, 11) is -3.02. The van der Waals surface area contributed by atoms with Gasteiger partial charge in [-0.1, -0.05) is 30.3 Å². The Morgan fingerprint density at radius 1 is 1.30 bits per heavy atom. The molecule has 0 bridgehead atoms. The van der Waals surface area contributed by atoms with Gasteiger partial charge in [-0.3, -0.25) is 4.79 Å². The summed E-state index contributed by atoms with van der Waals surface area (Å²) in [5.41, 5.74) is 6.58. The van der Waals surface area contributed by atoms with Gasteiger partial charge in [-0.15, -0.1) is 12.4 Å². The van der Waals surface area contributed by atoms with Gasteiger partial charge < -0.3 is 11.1 Å². The minimum atomic E-state index is -3.02. The Balaban J connectivity index is 0.00000200. The maximum Gasteiger partial charge on any atom is 0.241 e. The summed E-state index contributed by atoms with van der Waals surface area (Å²) >= 11 is 0. The van der Waals surface area contributed by atoms with Crippen molar-refractivity contribution in [2.45, 2.75) is 24.9 Å². The second kappa shape index (κ2) is 7.06. The van der Waals surface area contributed by atoms with E-state index in [2.05, 4.69) is 5.32 Å². The first kappa shape index (κ1) is 16.9. The first-order chi connectivity index (χ1) is 8.98. The van der Waals surface area contributed by atoms with Crippen molar-refractivity contribution >= 4 is 28.2 Å². The van der Waals surface area contributed by atoms with E-state index in [1.165, 1.54) is 0 Å². The molecule has 1 aliphatic rings. The van der Waals surface area contributed by atoms with Crippen LogP contribution in [0, 0.1) is 0 Å². The van der Waals surface area contributed by atoms with Crippen molar-refractivity contribution in [3.05, 3.63) is 35.9 Å². The average Bonchev–Trinajstić information content (AvgIpc) is 2.37. The first-order valence-electron chi connectivity index (χ1n) is 6.29. The third-order valence-electron chi connectivity index (χ3n) is 3.25. The molecule has 0 radical (unpaired) electrons. The fourth-order valence-corrected chi connectivity index (χ4v) is 3.88. The normalized spacial score (nSPS) is 22.4. The van der Waals surface area contributed by atoms with Gasteiger partial charge >= 0.3 is 0 Å². The Morgan fingerprint density at radius 2 is 1.95 bits per heavy atom. The summed E-state index contributed by atoms with van der Waals surface area (Å²) in [6.07, 6.45) is 1.28. The van der Waals surface area contributed by atoms with Gasteiger partial charge in [0.15, 0.2) is 9.84 Å². The van der Waals surface area contributed by atoms with E-state index in [1.807, 2.05) is 18.2 Å². The molecule has 0 aliphatic carbocycles. The second-order valence-electron chi connectivity index (χ2n) is 4.85. The summed E-state index contributed by atoms with van der Waals surface area (Å²) < 4.78 is 23.0. The lowest BCUT2D eigenvalue weighted by Gasteiger charge is -2.24. The summed E-state index contributed by atoms with van der Waals surface area (Å²) in [6, 6.07) is 7.96. The van der Waals surface area contributed by atoms with Crippen LogP contribution in [0.4, 0.5) is 0 Å². The fourth-order valence-electron chi connectivity index (χ4n) is 2.24. The number of halogens is 1. The van der Waals surface area contributed by atoms with E-state index in [1.54, 1.807) is 12.1 Å². The number of benzene rings is 1. The third-order valence-corrected chi connectivity index (χ3v) is 5.07. The smallest absolute Gasteiger partial charge is 0.241 e. The van der Waals surface area contributed by atoms with E-state index in [0.717, 1.165) is 5.56 Å². The van der Waals surface area contributed by atoms with Gasteiger partial charge in [-0.25, -0.2) is 8.42 Å². The molecular weight excluding hydrogens is 300 g/mol. The van der Waals surface area contributed by atoms with E-state index in [4.69, 9.17) is 5.73 Å². The summed E-state index contributed by atoms with van der Waals surface area (Å²) in [6.45, 7) is 0. The molecule has 1 aliphatic heterocycles. The molecule has 112 valence electrons. The number of nitrogens with one attached hydrogen (secondary N) is 1. The van der Waals surface area contributed by atoms with Crippen molar-refractivity contribution in [1.29, 1.82) is 0 Å². The zero-order chi connectivity index (χ0) is 13.9. The van der Waals surface area contributed by atoms with Crippen LogP contribution in [0.3, 0.4) is 0 Å². The maximum absolute atomic E-state index is 12.0. The second-order valence-corrected chi connectivity index (χ2v) is 7.08. The van der Waals surface area contributed by atoms with E-state index in [9.17, 15) is 13.2 Å². The molecule has 2 rings (SSSR count). The van der Waals surface area contributed by atoms with Crippen molar-refractivity contribution in [1.82, 2.24) is 5.32 Å². The minimum absolute atomic E-state index is 0. The molecule has 1 aromatic carbocycles. The quantitative estimate of drug-likeness (QED) is 0.862. The molecule has 2 unspecified atom stereocenters. The number of carbonyl (C=O) groups is 1. The van der Waals surface area contributed by atoms with Crippen LogP contribution in [0.2, 0.25) is 0 Å². The number of hydrogen-bond acceptors (Lipinski definition) is 4. The van der Waals surface area contributed by atoms with E-state index in [0.29, 0.717) is 12.8 Å². The highest BCUT2D eigenvalue weighted by atomic mass is 35.5. The van der Waals surface area contributed by atoms with E-state index >= 15 is 0 Å². The van der Waals surface area contributed by atoms with Crippen LogP contribution in [0.5, 0.6) is 0 Å². The molecule has 0 spiro atoms. The molecule has 20 heavy (non-hydrogen) atoms. The summed E-state index contributed by atoms with van der Waals surface area (Å²) in [4.78, 5) is 12.0. The largest absolute Gasteiger partial charge is 0.351 e. The topological polar surface area (TPSA) is 89.3 Å². The number of sulfone groups is 1. The van der Waals surface area contributed by atoms with Crippen LogP contribution >= 0.6 is 12.4 Å². The number of carbonyl (C=O) groups excluding carboxylic acids is 1. The molecular formula is C13H19ClN2O3S. The maximum atomic E-state index is 12.0. The van der Waals surface area contributed by atoms with Gasteiger partial charge in [0.1, 0.15) is 6.04 Å². The van der Waals surface area contributed by atoms with Gasteiger partial charge in [-0.05, 0) is 18.4 Å². The van der Waals surface area contributed by atoms with Gasteiger partial charge in [0, 0.05) is 6.04 Å². The lowest BCUT2D eigenvalue weighted by atomic mass is 10.1. The summed E-state index contributed by atoms with van der Waals surface area (Å²) in [5.74, 6) is -0.0991. The standard InChI is InChI=1S/C13H18N2O3S.ClH/c14-12(10-5-2-1-3-6-10)13(16)15-11-7-4-8-19(17,18)9-11;/h1-3,5-6,11-12H,4,7-9,14H2,(H,15,16);1H. The monoisotopic (exact) mass is 318 g/mol. The molecule has 1 fully saturated rings. The Kier molecular flexibility index (Phi) is 5.98. The lowest BCUT2D eigenvalue weighted by Crippen LogP contribution is -2.46. The van der Waals surface area contributed by atoms with Crippen LogP contribution in [0.1, 0.15) is 24.4 Å². The minimum Gasteiger partial charge on any atom is -0.351 e. The predicted molar refractivity (Wildman–Crippen MR) is 80.4 cm³/mol. The van der Waals surface area contributed by atoms with Crippen LogP contribution in [-0.4, -0.2) is 31.9 Å². The molecule has 1 aromatic rings. The van der Waals surface area contributed by atoms with Crippen LogP contribution in [0.25, 0.3) is 0 Å². The Bertz CT molecular complexity index is 548. The lowest BCUT2D eigenvalue weighted by molar-refractivity contribution is -0.123. The highest BCUT2D eigenvalue weighted by Gasteiger charge is 2.27. The molecule has 1 heterocycles. The number of nitrogens with two attached hydrogens (primary N) is 1. The highest BCUT2D eigenvalue weighted by Crippen LogP contribution is 2.14. The molecule has 0 aromatic heterocycles. The van der Waals surface area contributed by atoms with E-state index < -0.39 is 15.9 Å². The first-order valence-corrected chi connectivity index (χ1v) is 8.11. The van der Waals surface area contributed by atoms with Crippen LogP contribution in [0.15, 0.2) is 30.3 Å². The average molecular weight is 319 g/mol. The van der Waals surface area contributed by atoms with Gasteiger partial charge in [0.2, 0.25) is 5.91 Å². The molecule has 2 atom stereocenters. The zero-order valence-electron chi connectivity index (χ0n) is 11.0. The van der Waals surface area contributed by atoms with Crippen molar-refractivity contribution in [2.24, 2.45) is 5.73 Å². The number of amides is 1. The van der Waals surface area contributed by atoms with E-state index in [-0.39, 0.29) is 35.9 Å². The highest BCUT2D eigenvalue weighted by molar-refractivity contribution is 7.91. The van der Waals surface area contributed by atoms with Gasteiger partial charge in [-0.2, -0.15) is 0 Å². The molecule has 3 N–H and O–H groups in total. The Hall–Kier alpha value is -1.11.